The van der Waals surface area contributed by atoms with E-state index in [9.17, 15) is 0 Å². The van der Waals surface area contributed by atoms with Crippen molar-refractivity contribution in [3.8, 4) is 11.1 Å². The molecule has 2 rings (SSSR count). The molecule has 1 heterocycles. The van der Waals surface area contributed by atoms with Gasteiger partial charge in [0.2, 0.25) is 0 Å². The molecule has 112 valence electrons. The summed E-state index contributed by atoms with van der Waals surface area (Å²) in [7, 11) is 0. The lowest BCUT2D eigenvalue weighted by Gasteiger charge is -2.07. The van der Waals surface area contributed by atoms with Crippen LogP contribution in [0.3, 0.4) is 0 Å². The summed E-state index contributed by atoms with van der Waals surface area (Å²) in [6, 6.07) is 15.3. The highest BCUT2D eigenvalue weighted by Crippen LogP contribution is 2.19. The minimum atomic E-state index is 1.16. The topological polar surface area (TPSA) is 3.88 Å². The number of unbranched alkanes of at least 4 members (excludes halogenated alkanes) is 3. The third kappa shape index (κ3) is 4.70. The van der Waals surface area contributed by atoms with Crippen LogP contribution in [-0.4, -0.2) is 0 Å². The Labute approximate surface area is 129 Å². The van der Waals surface area contributed by atoms with Crippen molar-refractivity contribution in [2.75, 3.05) is 0 Å². The molecule has 0 saturated carbocycles. The van der Waals surface area contributed by atoms with Crippen LogP contribution in [0.25, 0.3) is 11.1 Å². The molecule has 0 N–H and O–H groups in total. The maximum absolute atomic E-state index is 2.45. The molecule has 0 unspecified atom stereocenters. The van der Waals surface area contributed by atoms with Gasteiger partial charge in [0, 0.05) is 25.0 Å². The highest BCUT2D eigenvalue weighted by atomic mass is 14.9. The fraction of sp³-hybridized carbons (Fsp3) is 0.450. The van der Waals surface area contributed by atoms with Crippen molar-refractivity contribution >= 4 is 0 Å². The van der Waals surface area contributed by atoms with E-state index in [1.54, 1.807) is 0 Å². The molecule has 0 aliphatic rings. The fourth-order valence-corrected chi connectivity index (χ4v) is 2.79. The van der Waals surface area contributed by atoms with E-state index in [2.05, 4.69) is 67.1 Å². The van der Waals surface area contributed by atoms with Crippen LogP contribution in [0.15, 0.2) is 48.7 Å². The number of hydrogen-bond donors (Lipinski definition) is 0. The fourth-order valence-electron chi connectivity index (χ4n) is 2.79. The van der Waals surface area contributed by atoms with E-state index in [-0.39, 0.29) is 0 Å². The highest BCUT2D eigenvalue weighted by Gasteiger charge is 2.11. The van der Waals surface area contributed by atoms with Crippen LogP contribution in [0.1, 0.15) is 51.6 Å². The van der Waals surface area contributed by atoms with Gasteiger partial charge < -0.3 is 0 Å². The standard InChI is InChI=1S/C20H28N/c1-3-5-6-10-15-21-16-14-19(17-20(21)11-4-2)18-12-8-7-9-13-18/h7-9,12-14,16-17H,3-6,10-11,15H2,1-2H3/q+1. The van der Waals surface area contributed by atoms with Gasteiger partial charge in [0.05, 0.1) is 0 Å². The second-order valence-electron chi connectivity index (χ2n) is 5.78. The Balaban J connectivity index is 2.15. The van der Waals surface area contributed by atoms with E-state index in [0.717, 1.165) is 13.0 Å². The van der Waals surface area contributed by atoms with Crippen molar-refractivity contribution < 1.29 is 4.57 Å². The maximum atomic E-state index is 2.45. The van der Waals surface area contributed by atoms with Gasteiger partial charge in [-0.15, -0.1) is 0 Å². The largest absolute Gasteiger partial charge is 0.202 e. The maximum Gasteiger partial charge on any atom is 0.181 e. The van der Waals surface area contributed by atoms with Gasteiger partial charge >= 0.3 is 0 Å². The molecule has 0 saturated heterocycles. The Morgan fingerprint density at radius 3 is 2.33 bits per heavy atom. The summed E-state index contributed by atoms with van der Waals surface area (Å²) in [6.07, 6.45) is 9.93. The Morgan fingerprint density at radius 2 is 1.62 bits per heavy atom. The van der Waals surface area contributed by atoms with Crippen LogP contribution < -0.4 is 4.57 Å². The molecule has 21 heavy (non-hydrogen) atoms. The molecule has 0 fully saturated rings. The van der Waals surface area contributed by atoms with Gasteiger partial charge in [-0.2, -0.15) is 0 Å². The third-order valence-electron chi connectivity index (χ3n) is 3.99. The third-order valence-corrected chi connectivity index (χ3v) is 3.99. The lowest BCUT2D eigenvalue weighted by atomic mass is 10.0. The van der Waals surface area contributed by atoms with Crippen molar-refractivity contribution in [1.82, 2.24) is 0 Å². The monoisotopic (exact) mass is 282 g/mol. The molecule has 0 aliphatic heterocycles. The van der Waals surface area contributed by atoms with Gasteiger partial charge in [-0.05, 0) is 24.0 Å². The smallest absolute Gasteiger partial charge is 0.181 e. The molecular weight excluding hydrogens is 254 g/mol. The molecule has 0 aliphatic carbocycles. The molecular formula is C20H28N+. The number of rotatable bonds is 8. The van der Waals surface area contributed by atoms with Crippen molar-refractivity contribution in [3.63, 3.8) is 0 Å². The van der Waals surface area contributed by atoms with Crippen LogP contribution >= 0.6 is 0 Å². The first-order chi connectivity index (χ1) is 10.3. The quantitative estimate of drug-likeness (QED) is 0.464. The summed E-state index contributed by atoms with van der Waals surface area (Å²) in [5.41, 5.74) is 4.12. The number of pyridine rings is 1. The van der Waals surface area contributed by atoms with Crippen LogP contribution in [0.2, 0.25) is 0 Å². The zero-order valence-corrected chi connectivity index (χ0v) is 13.5. The van der Waals surface area contributed by atoms with Crippen molar-refractivity contribution in [1.29, 1.82) is 0 Å². The van der Waals surface area contributed by atoms with Crippen molar-refractivity contribution in [2.24, 2.45) is 0 Å². The van der Waals surface area contributed by atoms with Gasteiger partial charge in [0.1, 0.15) is 6.54 Å². The molecule has 0 atom stereocenters. The summed E-state index contributed by atoms with van der Waals surface area (Å²) in [5, 5.41) is 0. The first kappa shape index (κ1) is 15.8. The number of hydrogen-bond acceptors (Lipinski definition) is 0. The second kappa shape index (κ2) is 8.61. The minimum Gasteiger partial charge on any atom is -0.202 e. The average Bonchev–Trinajstić information content (AvgIpc) is 2.54. The predicted molar refractivity (Wildman–Crippen MR) is 90.2 cm³/mol. The van der Waals surface area contributed by atoms with Crippen LogP contribution in [0, 0.1) is 0 Å². The Hall–Kier alpha value is -1.63. The van der Waals surface area contributed by atoms with E-state index in [0.29, 0.717) is 0 Å². The number of benzene rings is 1. The van der Waals surface area contributed by atoms with E-state index in [1.807, 2.05) is 0 Å². The summed E-state index contributed by atoms with van der Waals surface area (Å²) >= 11 is 0. The molecule has 1 aromatic heterocycles. The molecule has 1 heteroatoms. The predicted octanol–water partition coefficient (Wildman–Crippen LogP) is 5.17. The van der Waals surface area contributed by atoms with E-state index < -0.39 is 0 Å². The zero-order chi connectivity index (χ0) is 14.9. The van der Waals surface area contributed by atoms with Gasteiger partial charge in [0.15, 0.2) is 11.9 Å². The molecule has 1 aromatic carbocycles. The van der Waals surface area contributed by atoms with Gasteiger partial charge in [-0.1, -0.05) is 57.0 Å². The Morgan fingerprint density at radius 1 is 0.810 bits per heavy atom. The summed E-state index contributed by atoms with van der Waals surface area (Å²) in [4.78, 5) is 0. The van der Waals surface area contributed by atoms with Crippen LogP contribution in [0.5, 0.6) is 0 Å². The SMILES string of the molecule is CCCCCC[n+]1ccc(-c2ccccc2)cc1CCC. The second-order valence-corrected chi connectivity index (χ2v) is 5.78. The summed E-state index contributed by atoms with van der Waals surface area (Å²) in [5.74, 6) is 0. The zero-order valence-electron chi connectivity index (χ0n) is 13.5. The van der Waals surface area contributed by atoms with Gasteiger partial charge in [0.25, 0.3) is 0 Å². The number of nitrogens with zero attached hydrogens (tertiary/aromatic N) is 1. The minimum absolute atomic E-state index is 1.16. The molecule has 0 bridgehead atoms. The van der Waals surface area contributed by atoms with E-state index in [1.165, 1.54) is 48.9 Å². The Bertz CT molecular complexity index is 531. The normalized spacial score (nSPS) is 10.8. The first-order valence-corrected chi connectivity index (χ1v) is 8.43. The van der Waals surface area contributed by atoms with Crippen LogP contribution in [0.4, 0.5) is 0 Å². The van der Waals surface area contributed by atoms with Gasteiger partial charge in [-0.25, -0.2) is 4.57 Å². The number of aromatic nitrogens is 1. The van der Waals surface area contributed by atoms with Crippen LogP contribution in [-0.2, 0) is 13.0 Å². The molecule has 0 radical (unpaired) electrons. The lowest BCUT2D eigenvalue weighted by molar-refractivity contribution is -0.704. The van der Waals surface area contributed by atoms with E-state index in [4.69, 9.17) is 0 Å². The van der Waals surface area contributed by atoms with Crippen molar-refractivity contribution in [3.05, 3.63) is 54.4 Å². The first-order valence-electron chi connectivity index (χ1n) is 8.43. The summed E-state index contributed by atoms with van der Waals surface area (Å²) in [6.45, 7) is 5.69. The highest BCUT2D eigenvalue weighted by molar-refractivity contribution is 5.62. The summed E-state index contributed by atoms with van der Waals surface area (Å²) < 4.78 is 2.45. The van der Waals surface area contributed by atoms with Gasteiger partial charge in [-0.3, -0.25) is 0 Å². The molecule has 0 amide bonds. The molecule has 2 aromatic rings. The average molecular weight is 282 g/mol. The van der Waals surface area contributed by atoms with Crippen molar-refractivity contribution in [2.45, 2.75) is 58.9 Å². The molecule has 1 nitrogen and oxygen atoms in total. The Kier molecular flexibility index (Phi) is 6.46. The number of aryl methyl sites for hydroxylation is 2. The molecule has 0 spiro atoms. The van der Waals surface area contributed by atoms with E-state index >= 15 is 0 Å². The lowest BCUT2D eigenvalue weighted by Crippen LogP contribution is -2.38.